The Hall–Kier alpha value is -3.50. The van der Waals surface area contributed by atoms with Crippen molar-refractivity contribution in [3.63, 3.8) is 0 Å². The van der Waals surface area contributed by atoms with Crippen molar-refractivity contribution < 1.29 is 9.53 Å². The Kier molecular flexibility index (Phi) is 5.10. The molecule has 1 saturated heterocycles. The molecule has 0 aliphatic carbocycles. The molecule has 2 aromatic heterocycles. The van der Waals surface area contributed by atoms with Crippen LogP contribution in [0.4, 0.5) is 5.69 Å². The molecule has 7 nitrogen and oxygen atoms in total. The molecule has 0 atom stereocenters. The molecule has 1 fully saturated rings. The van der Waals surface area contributed by atoms with Crippen LogP contribution in [0.2, 0.25) is 0 Å². The minimum Gasteiger partial charge on any atom is -0.381 e. The summed E-state index contributed by atoms with van der Waals surface area (Å²) in [5.41, 5.74) is 6.01. The molecule has 0 saturated carbocycles. The van der Waals surface area contributed by atoms with E-state index in [1.807, 2.05) is 25.1 Å². The first-order chi connectivity index (χ1) is 14.1. The fraction of sp³-hybridized carbons (Fsp3) is 0.273. The highest BCUT2D eigenvalue weighted by atomic mass is 16.5. The molecule has 0 radical (unpaired) electrons. The third-order valence-electron chi connectivity index (χ3n) is 5.31. The highest BCUT2D eigenvalue weighted by Crippen LogP contribution is 2.25. The lowest BCUT2D eigenvalue weighted by atomic mass is 10.0. The van der Waals surface area contributed by atoms with E-state index < -0.39 is 0 Å². The van der Waals surface area contributed by atoms with E-state index in [1.165, 1.54) is 11.8 Å². The first kappa shape index (κ1) is 18.8. The molecule has 1 amide bonds. The third kappa shape index (κ3) is 3.75. The number of pyridine rings is 1. The van der Waals surface area contributed by atoms with Crippen molar-refractivity contribution in [2.75, 3.05) is 18.5 Å². The zero-order valence-electron chi connectivity index (χ0n) is 16.4. The second-order valence-electron chi connectivity index (χ2n) is 7.12. The normalized spacial score (nSPS) is 13.9. The Morgan fingerprint density at radius 1 is 1.28 bits per heavy atom. The van der Waals surface area contributed by atoms with Gasteiger partial charge in [0, 0.05) is 17.3 Å². The van der Waals surface area contributed by atoms with Crippen molar-refractivity contribution in [3.8, 4) is 6.07 Å². The quantitative estimate of drug-likeness (QED) is 0.709. The Balaban J connectivity index is 1.62. The summed E-state index contributed by atoms with van der Waals surface area (Å²) in [5, 5.41) is 20.4. The second-order valence-corrected chi connectivity index (χ2v) is 7.12. The zero-order chi connectivity index (χ0) is 20.4. The molecule has 0 bridgehead atoms. The first-order valence-electron chi connectivity index (χ1n) is 9.50. The van der Waals surface area contributed by atoms with Crippen molar-refractivity contribution in [1.82, 2.24) is 15.2 Å². The molecule has 4 rings (SSSR count). The largest absolute Gasteiger partial charge is 0.381 e. The molecule has 2 N–H and O–H groups in total. The van der Waals surface area contributed by atoms with Crippen LogP contribution >= 0.6 is 0 Å². The smallest absolute Gasteiger partial charge is 0.274 e. The van der Waals surface area contributed by atoms with E-state index >= 15 is 0 Å². The van der Waals surface area contributed by atoms with Crippen LogP contribution in [0, 0.1) is 25.2 Å². The Morgan fingerprint density at radius 3 is 2.83 bits per heavy atom. The van der Waals surface area contributed by atoms with Gasteiger partial charge < -0.3 is 10.1 Å². The molecule has 0 unspecified atom stereocenters. The van der Waals surface area contributed by atoms with Crippen LogP contribution in [0.3, 0.4) is 0 Å². The number of anilines is 1. The van der Waals surface area contributed by atoms with E-state index in [4.69, 9.17) is 10.00 Å². The van der Waals surface area contributed by atoms with E-state index in [2.05, 4.69) is 32.6 Å². The molecular weight excluding hydrogens is 366 g/mol. The van der Waals surface area contributed by atoms with Crippen molar-refractivity contribution >= 4 is 28.6 Å². The summed E-state index contributed by atoms with van der Waals surface area (Å²) in [5.74, 6) is -0.303. The SMILES string of the molecule is Cc1c(C#N)cnc(C(=O)Nc2ccc3[nH]nc(C=C4CCOCC4)c3c2)c1C. The molecule has 1 aliphatic rings. The highest BCUT2D eigenvalue weighted by Gasteiger charge is 2.16. The number of aromatic nitrogens is 3. The van der Waals surface area contributed by atoms with Crippen molar-refractivity contribution in [3.05, 3.63) is 58.0 Å². The van der Waals surface area contributed by atoms with Crippen LogP contribution in [0.25, 0.3) is 17.0 Å². The van der Waals surface area contributed by atoms with Crippen molar-refractivity contribution in [1.29, 1.82) is 5.26 Å². The predicted octanol–water partition coefficient (Wildman–Crippen LogP) is 3.89. The molecular formula is C22H21N5O2. The van der Waals surface area contributed by atoms with Crippen LogP contribution in [-0.2, 0) is 4.74 Å². The van der Waals surface area contributed by atoms with Gasteiger partial charge in [0.1, 0.15) is 11.8 Å². The number of carbonyl (C=O) groups excluding carboxylic acids is 1. The van der Waals surface area contributed by atoms with Gasteiger partial charge in [-0.3, -0.25) is 9.89 Å². The highest BCUT2D eigenvalue weighted by molar-refractivity contribution is 6.05. The molecule has 146 valence electrons. The van der Waals surface area contributed by atoms with Gasteiger partial charge in [-0.1, -0.05) is 5.57 Å². The van der Waals surface area contributed by atoms with Crippen LogP contribution in [0.5, 0.6) is 0 Å². The molecule has 3 heterocycles. The summed E-state index contributed by atoms with van der Waals surface area (Å²) in [6, 6.07) is 7.73. The maximum Gasteiger partial charge on any atom is 0.274 e. The van der Waals surface area contributed by atoms with E-state index in [9.17, 15) is 4.79 Å². The summed E-state index contributed by atoms with van der Waals surface area (Å²) in [4.78, 5) is 16.9. The number of amides is 1. The Bertz CT molecular complexity index is 1160. The van der Waals surface area contributed by atoms with Gasteiger partial charge in [0.2, 0.25) is 0 Å². The minimum absolute atomic E-state index is 0.303. The van der Waals surface area contributed by atoms with E-state index in [-0.39, 0.29) is 5.91 Å². The molecule has 29 heavy (non-hydrogen) atoms. The van der Waals surface area contributed by atoms with Gasteiger partial charge in [-0.2, -0.15) is 10.4 Å². The lowest BCUT2D eigenvalue weighted by molar-refractivity contribution is 0.102. The summed E-state index contributed by atoms with van der Waals surface area (Å²) in [6.07, 6.45) is 5.36. The fourth-order valence-corrected chi connectivity index (χ4v) is 3.43. The number of hydrogen-bond donors (Lipinski definition) is 2. The Morgan fingerprint density at radius 2 is 2.07 bits per heavy atom. The van der Waals surface area contributed by atoms with E-state index in [0.717, 1.165) is 48.2 Å². The summed E-state index contributed by atoms with van der Waals surface area (Å²) in [7, 11) is 0. The number of rotatable bonds is 3. The maximum atomic E-state index is 12.8. The second kappa shape index (κ2) is 7.86. The topological polar surface area (TPSA) is 104 Å². The van der Waals surface area contributed by atoms with Crippen LogP contribution in [-0.4, -0.2) is 34.3 Å². The Labute approximate surface area is 168 Å². The summed E-state index contributed by atoms with van der Waals surface area (Å²) < 4.78 is 5.40. The van der Waals surface area contributed by atoms with Crippen molar-refractivity contribution in [2.24, 2.45) is 0 Å². The van der Waals surface area contributed by atoms with Gasteiger partial charge in [0.25, 0.3) is 5.91 Å². The number of hydrogen-bond acceptors (Lipinski definition) is 5. The van der Waals surface area contributed by atoms with Gasteiger partial charge in [-0.25, -0.2) is 4.98 Å². The lowest BCUT2D eigenvalue weighted by Crippen LogP contribution is -2.16. The number of nitriles is 1. The number of H-pyrrole nitrogens is 1. The van der Waals surface area contributed by atoms with E-state index in [1.54, 1.807) is 6.92 Å². The van der Waals surface area contributed by atoms with Crippen LogP contribution in [0.1, 0.15) is 45.7 Å². The van der Waals surface area contributed by atoms with Gasteiger partial charge >= 0.3 is 0 Å². The number of carbonyl (C=O) groups is 1. The number of benzene rings is 1. The molecule has 3 aromatic rings. The number of ether oxygens (including phenoxy) is 1. The number of fused-ring (bicyclic) bond motifs is 1. The fourth-order valence-electron chi connectivity index (χ4n) is 3.43. The van der Waals surface area contributed by atoms with Crippen LogP contribution in [0.15, 0.2) is 30.0 Å². The standard InChI is InChI=1S/C22H21N5O2/c1-13-14(2)21(24-12-16(13)11-23)22(28)25-17-3-4-19-18(10-17)20(27-26-19)9-15-5-7-29-8-6-15/h3-4,9-10,12H,5-8H2,1-2H3,(H,25,28)(H,26,27). The van der Waals surface area contributed by atoms with E-state index in [0.29, 0.717) is 22.5 Å². The first-order valence-corrected chi connectivity index (χ1v) is 9.50. The maximum absolute atomic E-state index is 12.8. The van der Waals surface area contributed by atoms with Crippen LogP contribution < -0.4 is 5.32 Å². The number of aromatic amines is 1. The number of nitrogens with one attached hydrogen (secondary N) is 2. The number of nitrogens with zero attached hydrogens (tertiary/aromatic N) is 3. The molecule has 7 heteroatoms. The minimum atomic E-state index is -0.303. The molecule has 0 spiro atoms. The third-order valence-corrected chi connectivity index (χ3v) is 5.31. The van der Waals surface area contributed by atoms with Gasteiger partial charge in [-0.15, -0.1) is 0 Å². The molecule has 1 aromatic carbocycles. The van der Waals surface area contributed by atoms with Crippen molar-refractivity contribution in [2.45, 2.75) is 26.7 Å². The average Bonchev–Trinajstić information content (AvgIpc) is 3.12. The lowest BCUT2D eigenvalue weighted by Gasteiger charge is -2.14. The summed E-state index contributed by atoms with van der Waals surface area (Å²) >= 11 is 0. The van der Waals surface area contributed by atoms with Gasteiger partial charge in [-0.05, 0) is 62.1 Å². The van der Waals surface area contributed by atoms with Gasteiger partial charge in [0.05, 0.1) is 30.0 Å². The monoisotopic (exact) mass is 387 g/mol. The average molecular weight is 387 g/mol. The predicted molar refractivity (Wildman–Crippen MR) is 111 cm³/mol. The molecule has 1 aliphatic heterocycles. The zero-order valence-corrected chi connectivity index (χ0v) is 16.4. The summed E-state index contributed by atoms with van der Waals surface area (Å²) in [6.45, 7) is 5.10. The van der Waals surface area contributed by atoms with Gasteiger partial charge in [0.15, 0.2) is 0 Å².